The topological polar surface area (TPSA) is 49.3 Å². The second kappa shape index (κ2) is 6.86. The number of hydrogen-bond donors (Lipinski definition) is 2. The maximum atomic E-state index is 11.9. The second-order valence-electron chi connectivity index (χ2n) is 6.34. The van der Waals surface area contributed by atoms with E-state index >= 15 is 0 Å². The molecule has 1 heterocycles. The predicted octanol–water partition coefficient (Wildman–Crippen LogP) is 4.52. The number of phenolic OH excluding ortho intramolecular Hbond substituents is 1. The number of aryl methyl sites for hydroxylation is 1. The third-order valence-electron chi connectivity index (χ3n) is 4.60. The van der Waals surface area contributed by atoms with Crippen LogP contribution in [0.2, 0.25) is 0 Å². The van der Waals surface area contributed by atoms with Crippen molar-refractivity contribution in [2.75, 3.05) is 11.9 Å². The van der Waals surface area contributed by atoms with Crippen molar-refractivity contribution in [3.05, 3.63) is 59.2 Å². The average Bonchev–Trinajstić information content (AvgIpc) is 2.55. The van der Waals surface area contributed by atoms with Gasteiger partial charge < -0.3 is 10.4 Å². The monoisotopic (exact) mass is 309 g/mol. The molecule has 0 saturated carbocycles. The van der Waals surface area contributed by atoms with Crippen LogP contribution in [0, 0.1) is 0 Å². The van der Waals surface area contributed by atoms with Gasteiger partial charge in [0, 0.05) is 18.7 Å². The van der Waals surface area contributed by atoms with Crippen LogP contribution < -0.4 is 5.32 Å². The van der Waals surface area contributed by atoms with Gasteiger partial charge in [0.05, 0.1) is 5.56 Å². The second-order valence-corrected chi connectivity index (χ2v) is 6.34. The smallest absolute Gasteiger partial charge is 0.170 e. The maximum Gasteiger partial charge on any atom is 0.170 e. The van der Waals surface area contributed by atoms with E-state index in [-0.39, 0.29) is 11.5 Å². The molecule has 23 heavy (non-hydrogen) atoms. The van der Waals surface area contributed by atoms with Gasteiger partial charge in [-0.1, -0.05) is 37.3 Å². The summed E-state index contributed by atoms with van der Waals surface area (Å²) in [7, 11) is 0. The number of nitrogens with one attached hydrogen (secondary N) is 1. The minimum Gasteiger partial charge on any atom is -0.507 e. The van der Waals surface area contributed by atoms with Crippen LogP contribution in [-0.2, 0) is 6.42 Å². The van der Waals surface area contributed by atoms with Gasteiger partial charge >= 0.3 is 0 Å². The zero-order valence-corrected chi connectivity index (χ0v) is 13.5. The molecule has 0 aromatic heterocycles. The van der Waals surface area contributed by atoms with Crippen LogP contribution in [0.25, 0.3) is 0 Å². The SMILES string of the molecule is CC(CCCc1ccccc1)c1cc(O)c2c(c1)NCCC2=O. The molecular formula is C20H23NO2. The van der Waals surface area contributed by atoms with E-state index in [1.54, 1.807) is 6.07 Å². The highest BCUT2D eigenvalue weighted by molar-refractivity contribution is 6.05. The third kappa shape index (κ3) is 3.55. The van der Waals surface area contributed by atoms with Gasteiger partial charge in [0.2, 0.25) is 0 Å². The van der Waals surface area contributed by atoms with Crippen LogP contribution in [-0.4, -0.2) is 17.4 Å². The van der Waals surface area contributed by atoms with Crippen molar-refractivity contribution in [1.29, 1.82) is 0 Å². The molecule has 0 radical (unpaired) electrons. The molecule has 1 aliphatic rings. The van der Waals surface area contributed by atoms with Gasteiger partial charge in [0.1, 0.15) is 5.75 Å². The van der Waals surface area contributed by atoms with Crippen molar-refractivity contribution in [3.63, 3.8) is 0 Å². The van der Waals surface area contributed by atoms with Gasteiger partial charge in [-0.3, -0.25) is 4.79 Å². The molecule has 1 aliphatic heterocycles. The minimum absolute atomic E-state index is 0.0273. The lowest BCUT2D eigenvalue weighted by Crippen LogP contribution is -2.18. The van der Waals surface area contributed by atoms with Crippen molar-refractivity contribution in [2.24, 2.45) is 0 Å². The minimum atomic E-state index is 0.0273. The van der Waals surface area contributed by atoms with Crippen molar-refractivity contribution in [2.45, 2.75) is 38.5 Å². The van der Waals surface area contributed by atoms with Gasteiger partial charge in [0.15, 0.2) is 5.78 Å². The number of rotatable bonds is 5. The summed E-state index contributed by atoms with van der Waals surface area (Å²) in [6.07, 6.45) is 3.68. The van der Waals surface area contributed by atoms with E-state index in [0.717, 1.165) is 30.5 Å². The molecule has 2 N–H and O–H groups in total. The fraction of sp³-hybridized carbons (Fsp3) is 0.350. The van der Waals surface area contributed by atoms with Gasteiger partial charge in [-0.15, -0.1) is 0 Å². The van der Waals surface area contributed by atoms with Crippen molar-refractivity contribution in [3.8, 4) is 5.75 Å². The molecule has 3 nitrogen and oxygen atoms in total. The summed E-state index contributed by atoms with van der Waals surface area (Å²) in [5.41, 5.74) is 3.69. The number of benzene rings is 2. The van der Waals surface area contributed by atoms with Gasteiger partial charge in [-0.2, -0.15) is 0 Å². The predicted molar refractivity (Wildman–Crippen MR) is 93.3 cm³/mol. The lowest BCUT2D eigenvalue weighted by molar-refractivity contribution is 0.0981. The molecule has 120 valence electrons. The molecular weight excluding hydrogens is 286 g/mol. The summed E-state index contributed by atoms with van der Waals surface area (Å²) < 4.78 is 0. The van der Waals surface area contributed by atoms with E-state index < -0.39 is 0 Å². The van der Waals surface area contributed by atoms with E-state index in [1.807, 2.05) is 12.1 Å². The largest absolute Gasteiger partial charge is 0.507 e. The first kappa shape index (κ1) is 15.6. The normalized spacial score (nSPS) is 14.9. The van der Waals surface area contributed by atoms with Gasteiger partial charge in [-0.05, 0) is 48.4 Å². The molecule has 2 aromatic carbocycles. The summed E-state index contributed by atoms with van der Waals surface area (Å²) >= 11 is 0. The first-order valence-corrected chi connectivity index (χ1v) is 8.33. The Kier molecular flexibility index (Phi) is 4.65. The van der Waals surface area contributed by atoms with Crippen molar-refractivity contribution < 1.29 is 9.90 Å². The number of anilines is 1. The van der Waals surface area contributed by atoms with Gasteiger partial charge in [0.25, 0.3) is 0 Å². The van der Waals surface area contributed by atoms with Crippen LogP contribution in [0.5, 0.6) is 5.75 Å². The Balaban J connectivity index is 1.67. The molecule has 0 amide bonds. The molecule has 3 heteroatoms. The Morgan fingerprint density at radius 2 is 2.00 bits per heavy atom. The molecule has 0 aliphatic carbocycles. The van der Waals surface area contributed by atoms with E-state index in [4.69, 9.17) is 0 Å². The number of phenols is 1. The van der Waals surface area contributed by atoms with Crippen LogP contribution in [0.15, 0.2) is 42.5 Å². The molecule has 1 unspecified atom stereocenters. The maximum absolute atomic E-state index is 11.9. The number of ketones is 1. The quantitative estimate of drug-likeness (QED) is 0.854. The number of aromatic hydroxyl groups is 1. The highest BCUT2D eigenvalue weighted by Crippen LogP contribution is 2.35. The Labute approximate surface area is 137 Å². The number of fused-ring (bicyclic) bond motifs is 1. The summed E-state index contributed by atoms with van der Waals surface area (Å²) in [5.74, 6) is 0.498. The fourth-order valence-corrected chi connectivity index (χ4v) is 3.22. The molecule has 0 bridgehead atoms. The number of carbonyl (C=O) groups is 1. The van der Waals surface area contributed by atoms with Crippen molar-refractivity contribution >= 4 is 11.5 Å². The van der Waals surface area contributed by atoms with E-state index in [1.165, 1.54) is 5.56 Å². The Hall–Kier alpha value is -2.29. The van der Waals surface area contributed by atoms with E-state index in [2.05, 4.69) is 36.5 Å². The lowest BCUT2D eigenvalue weighted by Gasteiger charge is -2.21. The molecule has 1 atom stereocenters. The molecule has 3 rings (SSSR count). The zero-order valence-electron chi connectivity index (χ0n) is 13.5. The zero-order chi connectivity index (χ0) is 16.2. The summed E-state index contributed by atoms with van der Waals surface area (Å²) in [5, 5.41) is 13.4. The first-order chi connectivity index (χ1) is 11.1. The third-order valence-corrected chi connectivity index (χ3v) is 4.60. The van der Waals surface area contributed by atoms with E-state index in [0.29, 0.717) is 24.4 Å². The van der Waals surface area contributed by atoms with Crippen LogP contribution in [0.4, 0.5) is 5.69 Å². The Bertz CT molecular complexity index is 694. The van der Waals surface area contributed by atoms with Crippen LogP contribution in [0.1, 0.15) is 53.6 Å². The number of hydrogen-bond acceptors (Lipinski definition) is 3. The van der Waals surface area contributed by atoms with Crippen molar-refractivity contribution in [1.82, 2.24) is 0 Å². The standard InChI is InChI=1S/C20H23NO2/c1-14(6-5-9-15-7-3-2-4-8-15)16-12-17-20(19(23)13-16)18(22)10-11-21-17/h2-4,7-8,12-14,21,23H,5-6,9-11H2,1H3. The molecule has 0 fully saturated rings. The highest BCUT2D eigenvalue weighted by atomic mass is 16.3. The summed E-state index contributed by atoms with van der Waals surface area (Å²) in [4.78, 5) is 11.9. The fourth-order valence-electron chi connectivity index (χ4n) is 3.22. The van der Waals surface area contributed by atoms with E-state index in [9.17, 15) is 9.90 Å². The lowest BCUT2D eigenvalue weighted by atomic mass is 9.90. The Morgan fingerprint density at radius 1 is 1.22 bits per heavy atom. The Morgan fingerprint density at radius 3 is 2.78 bits per heavy atom. The average molecular weight is 309 g/mol. The number of Topliss-reactive ketones (excluding diaryl/α,β-unsaturated/α-hetero) is 1. The molecule has 0 spiro atoms. The molecule has 0 saturated heterocycles. The molecule has 2 aromatic rings. The highest BCUT2D eigenvalue weighted by Gasteiger charge is 2.22. The van der Waals surface area contributed by atoms with Gasteiger partial charge in [-0.25, -0.2) is 0 Å². The van der Waals surface area contributed by atoms with Crippen LogP contribution in [0.3, 0.4) is 0 Å². The number of carbonyl (C=O) groups excluding carboxylic acids is 1. The summed E-state index contributed by atoms with van der Waals surface area (Å²) in [6.45, 7) is 2.83. The first-order valence-electron chi connectivity index (χ1n) is 8.33. The van der Waals surface area contributed by atoms with Crippen LogP contribution >= 0.6 is 0 Å². The summed E-state index contributed by atoms with van der Waals surface area (Å²) in [6, 6.07) is 14.3.